The van der Waals surface area contributed by atoms with Crippen molar-refractivity contribution >= 4 is 18.4 Å². The highest BCUT2D eigenvalue weighted by atomic mass is 16.7. The minimum atomic E-state index is -0.345. The highest BCUT2D eigenvalue weighted by Crippen LogP contribution is 2.41. The predicted molar refractivity (Wildman–Crippen MR) is 104 cm³/mol. The van der Waals surface area contributed by atoms with Crippen LogP contribution in [0.25, 0.3) is 0 Å². The zero-order chi connectivity index (χ0) is 18.7. The molecule has 0 radical (unpaired) electrons. The SMILES string of the molecule is CC1(C)CCCC(C)(C)N1c1cc(B2OC(C)(C)C(C)(C)O2)ccn1. The normalized spacial score (nSPS) is 26.7. The Morgan fingerprint density at radius 1 is 0.920 bits per heavy atom. The number of nitrogens with zero attached hydrogens (tertiary/aromatic N) is 2. The van der Waals surface area contributed by atoms with Crippen molar-refractivity contribution in [2.24, 2.45) is 0 Å². The fourth-order valence-corrected chi connectivity index (χ4v) is 4.30. The van der Waals surface area contributed by atoms with E-state index < -0.39 is 0 Å². The molecule has 3 heterocycles. The lowest BCUT2D eigenvalue weighted by Crippen LogP contribution is -2.59. The van der Waals surface area contributed by atoms with Crippen LogP contribution in [0.4, 0.5) is 5.82 Å². The van der Waals surface area contributed by atoms with Crippen molar-refractivity contribution < 1.29 is 9.31 Å². The molecule has 0 N–H and O–H groups in total. The number of rotatable bonds is 2. The maximum Gasteiger partial charge on any atom is 0.495 e. The second-order valence-electron chi connectivity index (χ2n) is 9.85. The van der Waals surface area contributed by atoms with E-state index in [1.54, 1.807) is 0 Å². The standard InChI is InChI=1S/C20H33BN2O2/c1-17(2)11-9-12-18(3,4)23(17)16-14-15(10-13-22-16)21-24-19(5,6)20(7,8)25-21/h10,13-14H,9,11-12H2,1-8H3. The van der Waals surface area contributed by atoms with Crippen LogP contribution < -0.4 is 10.4 Å². The zero-order valence-corrected chi connectivity index (χ0v) is 17.1. The summed E-state index contributed by atoms with van der Waals surface area (Å²) in [5.41, 5.74) is 0.558. The zero-order valence-electron chi connectivity index (χ0n) is 17.1. The summed E-state index contributed by atoms with van der Waals surface area (Å²) in [6, 6.07) is 4.16. The maximum absolute atomic E-state index is 6.23. The van der Waals surface area contributed by atoms with Gasteiger partial charge in [-0.1, -0.05) is 0 Å². The molecule has 5 heteroatoms. The van der Waals surface area contributed by atoms with Gasteiger partial charge in [0.2, 0.25) is 0 Å². The Balaban J connectivity index is 1.95. The van der Waals surface area contributed by atoms with Crippen LogP contribution in [0.2, 0.25) is 0 Å². The number of hydrogen-bond acceptors (Lipinski definition) is 4. The molecule has 0 saturated carbocycles. The van der Waals surface area contributed by atoms with Crippen LogP contribution in [0.5, 0.6) is 0 Å². The predicted octanol–water partition coefficient (Wildman–Crippen LogP) is 3.93. The van der Waals surface area contributed by atoms with Gasteiger partial charge in [-0.3, -0.25) is 0 Å². The van der Waals surface area contributed by atoms with Gasteiger partial charge in [0, 0.05) is 17.3 Å². The average molecular weight is 344 g/mol. The third kappa shape index (κ3) is 3.21. The fourth-order valence-electron chi connectivity index (χ4n) is 4.30. The van der Waals surface area contributed by atoms with E-state index in [0.717, 1.165) is 11.3 Å². The minimum absolute atomic E-state index is 0.0866. The van der Waals surface area contributed by atoms with Crippen molar-refractivity contribution in [3.63, 3.8) is 0 Å². The van der Waals surface area contributed by atoms with E-state index in [2.05, 4.69) is 66.4 Å². The Kier molecular flexibility index (Phi) is 4.28. The van der Waals surface area contributed by atoms with Gasteiger partial charge in [0.15, 0.2) is 0 Å². The molecule has 3 rings (SSSR count). The summed E-state index contributed by atoms with van der Waals surface area (Å²) in [5.74, 6) is 1.02. The second kappa shape index (κ2) is 5.72. The summed E-state index contributed by atoms with van der Waals surface area (Å²) < 4.78 is 12.5. The van der Waals surface area contributed by atoms with E-state index in [4.69, 9.17) is 14.3 Å². The van der Waals surface area contributed by atoms with Crippen molar-refractivity contribution in [2.45, 2.75) is 96.9 Å². The van der Waals surface area contributed by atoms with Gasteiger partial charge >= 0.3 is 7.12 Å². The smallest absolute Gasteiger partial charge is 0.399 e. The molecule has 0 aromatic carbocycles. The molecule has 0 bridgehead atoms. The van der Waals surface area contributed by atoms with Crippen LogP contribution in [-0.4, -0.2) is 34.4 Å². The Morgan fingerprint density at radius 3 is 1.96 bits per heavy atom. The first kappa shape index (κ1) is 18.7. The summed E-state index contributed by atoms with van der Waals surface area (Å²) in [5, 5.41) is 0. The Bertz CT molecular complexity index is 623. The molecular weight excluding hydrogens is 311 g/mol. The van der Waals surface area contributed by atoms with Crippen LogP contribution in [0, 0.1) is 0 Å². The third-order valence-corrected chi connectivity index (χ3v) is 6.31. The van der Waals surface area contributed by atoms with Crippen molar-refractivity contribution in [1.82, 2.24) is 4.98 Å². The number of pyridine rings is 1. The van der Waals surface area contributed by atoms with E-state index in [1.807, 2.05) is 12.3 Å². The van der Waals surface area contributed by atoms with Crippen molar-refractivity contribution in [1.29, 1.82) is 0 Å². The molecule has 1 aromatic rings. The van der Waals surface area contributed by atoms with E-state index in [0.29, 0.717) is 0 Å². The minimum Gasteiger partial charge on any atom is -0.399 e. The van der Waals surface area contributed by atoms with E-state index in [-0.39, 0.29) is 29.4 Å². The number of hydrogen-bond donors (Lipinski definition) is 0. The van der Waals surface area contributed by atoms with Gasteiger partial charge in [0.25, 0.3) is 0 Å². The third-order valence-electron chi connectivity index (χ3n) is 6.31. The van der Waals surface area contributed by atoms with Crippen LogP contribution >= 0.6 is 0 Å². The van der Waals surface area contributed by atoms with Crippen molar-refractivity contribution in [2.75, 3.05) is 4.90 Å². The molecule has 1 aromatic heterocycles. The topological polar surface area (TPSA) is 34.6 Å². The molecule has 2 saturated heterocycles. The first-order valence-corrected chi connectivity index (χ1v) is 9.48. The molecule has 4 nitrogen and oxygen atoms in total. The summed E-state index contributed by atoms with van der Waals surface area (Å²) in [7, 11) is -0.345. The van der Waals surface area contributed by atoms with Gasteiger partial charge in [-0.2, -0.15) is 0 Å². The molecule has 0 amide bonds. The van der Waals surface area contributed by atoms with E-state index in [1.165, 1.54) is 19.3 Å². The van der Waals surface area contributed by atoms with E-state index >= 15 is 0 Å². The molecule has 2 fully saturated rings. The van der Waals surface area contributed by atoms with E-state index in [9.17, 15) is 0 Å². The molecule has 0 spiro atoms. The summed E-state index contributed by atoms with van der Waals surface area (Å²) >= 11 is 0. The number of piperidine rings is 1. The number of aromatic nitrogens is 1. The molecule has 0 unspecified atom stereocenters. The fraction of sp³-hybridized carbons (Fsp3) is 0.750. The van der Waals surface area contributed by atoms with Gasteiger partial charge in [-0.05, 0) is 92.2 Å². The van der Waals surface area contributed by atoms with Gasteiger partial charge < -0.3 is 14.2 Å². The van der Waals surface area contributed by atoms with Crippen LogP contribution in [-0.2, 0) is 9.31 Å². The lowest BCUT2D eigenvalue weighted by molar-refractivity contribution is 0.00578. The van der Waals surface area contributed by atoms with Gasteiger partial charge in [0.05, 0.1) is 11.2 Å². The number of anilines is 1. The monoisotopic (exact) mass is 344 g/mol. The molecule has 138 valence electrons. The lowest BCUT2D eigenvalue weighted by Gasteiger charge is -2.53. The van der Waals surface area contributed by atoms with Crippen LogP contribution in [0.1, 0.15) is 74.7 Å². The first-order valence-electron chi connectivity index (χ1n) is 9.48. The largest absolute Gasteiger partial charge is 0.495 e. The van der Waals surface area contributed by atoms with Crippen LogP contribution in [0.3, 0.4) is 0 Å². The quantitative estimate of drug-likeness (QED) is 0.762. The van der Waals surface area contributed by atoms with Gasteiger partial charge in [-0.15, -0.1) is 0 Å². The Labute approximate surface area is 153 Å². The Hall–Kier alpha value is -1.07. The molecule has 2 aliphatic rings. The van der Waals surface area contributed by atoms with Crippen LogP contribution in [0.15, 0.2) is 18.3 Å². The second-order valence-corrected chi connectivity index (χ2v) is 9.85. The first-order chi connectivity index (χ1) is 11.4. The van der Waals surface area contributed by atoms with Crippen molar-refractivity contribution in [3.8, 4) is 0 Å². The molecule has 0 atom stereocenters. The molecule has 25 heavy (non-hydrogen) atoms. The maximum atomic E-state index is 6.23. The summed E-state index contributed by atoms with van der Waals surface area (Å²) in [6.07, 6.45) is 5.50. The Morgan fingerprint density at radius 2 is 1.44 bits per heavy atom. The summed E-state index contributed by atoms with van der Waals surface area (Å²) in [6.45, 7) is 17.6. The highest BCUT2D eigenvalue weighted by molar-refractivity contribution is 6.62. The molecular formula is C20H33BN2O2. The van der Waals surface area contributed by atoms with Gasteiger partial charge in [-0.25, -0.2) is 4.98 Å². The summed E-state index contributed by atoms with van der Waals surface area (Å²) in [4.78, 5) is 7.20. The lowest BCUT2D eigenvalue weighted by atomic mass is 9.77. The average Bonchev–Trinajstić information content (AvgIpc) is 2.66. The van der Waals surface area contributed by atoms with Crippen molar-refractivity contribution in [3.05, 3.63) is 18.3 Å². The van der Waals surface area contributed by atoms with Gasteiger partial charge in [0.1, 0.15) is 5.82 Å². The highest BCUT2D eigenvalue weighted by Gasteiger charge is 2.52. The molecule has 2 aliphatic heterocycles. The molecule has 0 aliphatic carbocycles.